The van der Waals surface area contributed by atoms with Crippen molar-refractivity contribution in [2.24, 2.45) is 4.99 Å². The first kappa shape index (κ1) is 14.7. The van der Waals surface area contributed by atoms with Crippen LogP contribution in [0.4, 0.5) is 0 Å². The Hall–Kier alpha value is -1.33. The van der Waals surface area contributed by atoms with Crippen LogP contribution in [0.2, 0.25) is 0 Å². The molecule has 0 bridgehead atoms. The highest BCUT2D eigenvalue weighted by Gasteiger charge is 2.09. The van der Waals surface area contributed by atoms with Crippen LogP contribution >= 0.6 is 24.8 Å². The van der Waals surface area contributed by atoms with Crippen molar-refractivity contribution < 1.29 is 0 Å². The zero-order valence-electron chi connectivity index (χ0n) is 9.96. The number of nitrogens with one attached hydrogen (secondary N) is 1. The molecule has 0 atom stereocenters. The lowest BCUT2D eigenvalue weighted by molar-refractivity contribution is 0.623. The monoisotopic (exact) mass is 287 g/mol. The predicted octanol–water partition coefficient (Wildman–Crippen LogP) is 1.59. The first-order valence-electron chi connectivity index (χ1n) is 5.40. The lowest BCUT2D eigenvalue weighted by Gasteiger charge is -1.99. The van der Waals surface area contributed by atoms with Crippen LogP contribution in [0.25, 0.3) is 11.0 Å². The van der Waals surface area contributed by atoms with Gasteiger partial charge in [0.2, 0.25) is 0 Å². The Morgan fingerprint density at radius 1 is 1.28 bits per heavy atom. The Balaban J connectivity index is 0.000000810. The van der Waals surface area contributed by atoms with Crippen LogP contribution in [0.1, 0.15) is 5.56 Å². The second-order valence-corrected chi connectivity index (χ2v) is 3.93. The fraction of sp³-hybridized carbons (Fsp3) is 0.364. The standard InChI is InChI=1S/C11H13N5.2ClH/c1-8-3-2-4-9-11(8)15-16(14-9)7-10-12-5-6-13-10;;/h2-4H,5-7H2,1H3,(H,12,13);2*1H. The molecule has 7 heteroatoms. The average molecular weight is 288 g/mol. The number of benzene rings is 1. The van der Waals surface area contributed by atoms with Crippen molar-refractivity contribution in [2.45, 2.75) is 13.5 Å². The molecule has 3 rings (SSSR count). The molecule has 1 aliphatic rings. The van der Waals surface area contributed by atoms with Crippen molar-refractivity contribution in [3.05, 3.63) is 23.8 Å². The predicted molar refractivity (Wildman–Crippen MR) is 77.1 cm³/mol. The van der Waals surface area contributed by atoms with Gasteiger partial charge in [-0.1, -0.05) is 12.1 Å². The summed E-state index contributed by atoms with van der Waals surface area (Å²) < 4.78 is 0. The van der Waals surface area contributed by atoms with Gasteiger partial charge in [0.25, 0.3) is 0 Å². The molecule has 5 nitrogen and oxygen atoms in total. The molecule has 0 amide bonds. The van der Waals surface area contributed by atoms with Crippen molar-refractivity contribution >= 4 is 41.7 Å². The molecule has 18 heavy (non-hydrogen) atoms. The molecule has 1 aromatic carbocycles. The van der Waals surface area contributed by atoms with E-state index in [9.17, 15) is 0 Å². The van der Waals surface area contributed by atoms with Gasteiger partial charge in [-0.05, 0) is 18.6 Å². The topological polar surface area (TPSA) is 55.1 Å². The maximum atomic E-state index is 4.46. The van der Waals surface area contributed by atoms with E-state index in [-0.39, 0.29) is 24.8 Å². The van der Waals surface area contributed by atoms with Crippen LogP contribution < -0.4 is 5.32 Å². The van der Waals surface area contributed by atoms with Crippen LogP contribution in [0, 0.1) is 6.92 Å². The van der Waals surface area contributed by atoms with Gasteiger partial charge in [0.1, 0.15) is 23.4 Å². The van der Waals surface area contributed by atoms with E-state index >= 15 is 0 Å². The summed E-state index contributed by atoms with van der Waals surface area (Å²) in [4.78, 5) is 6.03. The van der Waals surface area contributed by atoms with Gasteiger partial charge in [-0.2, -0.15) is 15.0 Å². The number of nitrogens with zero attached hydrogens (tertiary/aromatic N) is 4. The minimum atomic E-state index is 0. The zero-order chi connectivity index (χ0) is 11.0. The Morgan fingerprint density at radius 3 is 2.78 bits per heavy atom. The van der Waals surface area contributed by atoms with Gasteiger partial charge in [-0.3, -0.25) is 4.99 Å². The molecule has 0 saturated carbocycles. The molecule has 1 aromatic heterocycles. The quantitative estimate of drug-likeness (QED) is 0.913. The summed E-state index contributed by atoms with van der Waals surface area (Å²) in [5, 5.41) is 12.1. The fourth-order valence-corrected chi connectivity index (χ4v) is 1.87. The number of hydrogen-bond acceptors (Lipinski definition) is 4. The molecule has 0 unspecified atom stereocenters. The van der Waals surface area contributed by atoms with Crippen LogP contribution in [0.5, 0.6) is 0 Å². The maximum Gasteiger partial charge on any atom is 0.120 e. The van der Waals surface area contributed by atoms with Gasteiger partial charge in [0.05, 0.1) is 6.54 Å². The Bertz CT molecular complexity index is 564. The van der Waals surface area contributed by atoms with Gasteiger partial charge in [-0.25, -0.2) is 0 Å². The first-order chi connectivity index (χ1) is 7.83. The lowest BCUT2D eigenvalue weighted by Crippen LogP contribution is -2.24. The van der Waals surface area contributed by atoms with E-state index in [0.29, 0.717) is 6.54 Å². The van der Waals surface area contributed by atoms with Gasteiger partial charge in [0.15, 0.2) is 0 Å². The van der Waals surface area contributed by atoms with E-state index < -0.39 is 0 Å². The van der Waals surface area contributed by atoms with E-state index in [1.54, 1.807) is 4.80 Å². The molecule has 0 fully saturated rings. The highest BCUT2D eigenvalue weighted by Crippen LogP contribution is 2.12. The summed E-state index contributed by atoms with van der Waals surface area (Å²) >= 11 is 0. The van der Waals surface area contributed by atoms with Gasteiger partial charge in [0, 0.05) is 6.54 Å². The molecule has 0 saturated heterocycles. The maximum absolute atomic E-state index is 4.46. The molecule has 0 radical (unpaired) electrons. The number of aliphatic imine (C=N–C) groups is 1. The number of amidine groups is 1. The van der Waals surface area contributed by atoms with Crippen molar-refractivity contribution in [1.82, 2.24) is 20.3 Å². The highest BCUT2D eigenvalue weighted by atomic mass is 35.5. The van der Waals surface area contributed by atoms with Gasteiger partial charge < -0.3 is 5.32 Å². The number of aromatic nitrogens is 3. The SMILES string of the molecule is Cc1cccc2nn(CC3=NCCN3)nc12.Cl.Cl. The Kier molecular flexibility index (Phi) is 4.93. The van der Waals surface area contributed by atoms with E-state index in [2.05, 4.69) is 20.5 Å². The van der Waals surface area contributed by atoms with Crippen LogP contribution in [0.3, 0.4) is 0 Å². The minimum Gasteiger partial charge on any atom is -0.370 e. The van der Waals surface area contributed by atoms with Gasteiger partial charge >= 0.3 is 0 Å². The van der Waals surface area contributed by atoms with E-state index in [0.717, 1.165) is 35.5 Å². The van der Waals surface area contributed by atoms with Crippen LogP contribution in [-0.2, 0) is 6.54 Å². The Labute approximate surface area is 117 Å². The van der Waals surface area contributed by atoms with Crippen molar-refractivity contribution in [3.8, 4) is 0 Å². The summed E-state index contributed by atoms with van der Waals surface area (Å²) in [6.45, 7) is 4.46. The second-order valence-electron chi connectivity index (χ2n) is 3.93. The number of fused-ring (bicyclic) bond motifs is 1. The second kappa shape index (κ2) is 6.02. The minimum absolute atomic E-state index is 0. The molecule has 2 heterocycles. The van der Waals surface area contributed by atoms with Crippen molar-refractivity contribution in [2.75, 3.05) is 13.1 Å². The smallest absolute Gasteiger partial charge is 0.120 e. The number of hydrogen-bond donors (Lipinski definition) is 1. The Morgan fingerprint density at radius 2 is 2.11 bits per heavy atom. The third-order valence-corrected chi connectivity index (χ3v) is 2.69. The first-order valence-corrected chi connectivity index (χ1v) is 5.40. The average Bonchev–Trinajstić information content (AvgIpc) is 2.88. The molecule has 1 aliphatic heterocycles. The highest BCUT2D eigenvalue weighted by molar-refractivity contribution is 5.85. The molecule has 0 spiro atoms. The third-order valence-electron chi connectivity index (χ3n) is 2.69. The third kappa shape index (κ3) is 2.73. The summed E-state index contributed by atoms with van der Waals surface area (Å²) in [6, 6.07) is 6.03. The number of rotatable bonds is 2. The molecule has 2 aromatic rings. The molecule has 0 aliphatic carbocycles. The number of halogens is 2. The summed E-state index contributed by atoms with van der Waals surface area (Å²) in [5.41, 5.74) is 3.07. The number of aryl methyl sites for hydroxylation is 1. The fourth-order valence-electron chi connectivity index (χ4n) is 1.87. The summed E-state index contributed by atoms with van der Waals surface area (Å²) in [6.07, 6.45) is 0. The molecule has 1 N–H and O–H groups in total. The van der Waals surface area contributed by atoms with Crippen LogP contribution in [-0.4, -0.2) is 33.9 Å². The summed E-state index contributed by atoms with van der Waals surface area (Å²) in [7, 11) is 0. The van der Waals surface area contributed by atoms with Crippen molar-refractivity contribution in [1.29, 1.82) is 0 Å². The molecular formula is C11H15Cl2N5. The summed E-state index contributed by atoms with van der Waals surface area (Å²) in [5.74, 6) is 0.970. The van der Waals surface area contributed by atoms with Crippen molar-refractivity contribution in [3.63, 3.8) is 0 Å². The van der Waals surface area contributed by atoms with E-state index in [1.165, 1.54) is 0 Å². The molecule has 98 valence electrons. The van der Waals surface area contributed by atoms with E-state index in [4.69, 9.17) is 0 Å². The normalized spacial score (nSPS) is 13.5. The van der Waals surface area contributed by atoms with E-state index in [1.807, 2.05) is 25.1 Å². The van der Waals surface area contributed by atoms with Gasteiger partial charge in [-0.15, -0.1) is 24.8 Å². The lowest BCUT2D eigenvalue weighted by atomic mass is 10.2. The molecular weight excluding hydrogens is 273 g/mol. The van der Waals surface area contributed by atoms with Crippen LogP contribution in [0.15, 0.2) is 23.2 Å². The largest absolute Gasteiger partial charge is 0.370 e. The zero-order valence-corrected chi connectivity index (χ0v) is 11.6.